The molecule has 1 aliphatic carbocycles. The number of ketones is 3. The summed E-state index contributed by atoms with van der Waals surface area (Å²) in [6.45, 7) is 10.1. The van der Waals surface area contributed by atoms with Crippen molar-refractivity contribution in [3.05, 3.63) is 35.1 Å². The Hall–Kier alpha value is -2.05. The van der Waals surface area contributed by atoms with Crippen LogP contribution in [0.2, 0.25) is 0 Å². The van der Waals surface area contributed by atoms with Gasteiger partial charge in [-0.05, 0) is 46.1 Å². The van der Waals surface area contributed by atoms with Crippen LogP contribution in [0.15, 0.2) is 35.1 Å². The second-order valence-corrected chi connectivity index (χ2v) is 8.30. The molecular weight excluding hydrogens is 348 g/mol. The lowest BCUT2D eigenvalue weighted by atomic mass is 9.82. The number of allylic oxidation sites excluding steroid dienone is 3. The first-order chi connectivity index (χ1) is 12.2. The van der Waals surface area contributed by atoms with E-state index in [0.717, 1.165) is 17.7 Å². The molecule has 0 radical (unpaired) electrons. The third-order valence-corrected chi connectivity index (χ3v) is 4.32. The van der Waals surface area contributed by atoms with Crippen molar-refractivity contribution in [3.63, 3.8) is 0 Å². The third kappa shape index (κ3) is 5.23. The molecular formula is C21H30O6. The Balaban J connectivity index is 3.46. The van der Waals surface area contributed by atoms with E-state index in [0.29, 0.717) is 0 Å². The summed E-state index contributed by atoms with van der Waals surface area (Å²) < 4.78 is 0. The lowest BCUT2D eigenvalue weighted by molar-refractivity contribution is -0.140. The van der Waals surface area contributed by atoms with Gasteiger partial charge in [-0.1, -0.05) is 31.6 Å². The number of Topliss-reactive ketones (excluding diaryl/α,β-unsaturated/α-hetero) is 2. The number of hydrogen-bond acceptors (Lipinski definition) is 6. The Morgan fingerprint density at radius 3 is 2.26 bits per heavy atom. The van der Waals surface area contributed by atoms with E-state index >= 15 is 0 Å². The van der Waals surface area contributed by atoms with Gasteiger partial charge in [0.15, 0.2) is 23.0 Å². The fraction of sp³-hybridized carbons (Fsp3) is 0.571. The lowest BCUT2D eigenvalue weighted by Crippen LogP contribution is -2.46. The van der Waals surface area contributed by atoms with Crippen molar-refractivity contribution >= 4 is 17.3 Å². The van der Waals surface area contributed by atoms with Gasteiger partial charge in [-0.15, -0.1) is 0 Å². The van der Waals surface area contributed by atoms with Crippen LogP contribution < -0.4 is 0 Å². The van der Waals surface area contributed by atoms with Crippen LogP contribution in [-0.4, -0.2) is 43.9 Å². The van der Waals surface area contributed by atoms with Gasteiger partial charge >= 0.3 is 0 Å². The van der Waals surface area contributed by atoms with Crippen molar-refractivity contribution in [1.29, 1.82) is 0 Å². The number of rotatable bonds is 8. The molecule has 2 atom stereocenters. The molecule has 0 aromatic heterocycles. The van der Waals surface area contributed by atoms with Crippen molar-refractivity contribution in [1.82, 2.24) is 0 Å². The molecule has 0 spiro atoms. The number of aliphatic hydroxyl groups excluding tert-OH is 1. The van der Waals surface area contributed by atoms with Gasteiger partial charge in [0.05, 0.1) is 11.5 Å². The van der Waals surface area contributed by atoms with Crippen molar-refractivity contribution in [2.75, 3.05) is 0 Å². The van der Waals surface area contributed by atoms with Crippen LogP contribution in [0.4, 0.5) is 0 Å². The predicted octanol–water partition coefficient (Wildman–Crippen LogP) is 2.60. The van der Waals surface area contributed by atoms with Gasteiger partial charge in [0.25, 0.3) is 0 Å². The third-order valence-electron chi connectivity index (χ3n) is 4.32. The largest absolute Gasteiger partial charge is 0.508 e. The number of carbonyl (C=O) groups excluding carboxylic acids is 3. The highest BCUT2D eigenvalue weighted by molar-refractivity contribution is 6.26. The van der Waals surface area contributed by atoms with E-state index in [1.54, 1.807) is 33.8 Å². The van der Waals surface area contributed by atoms with Crippen LogP contribution in [-0.2, 0) is 14.4 Å². The van der Waals surface area contributed by atoms with E-state index in [2.05, 4.69) is 0 Å². The molecule has 1 rings (SSSR count). The second kappa shape index (κ2) is 8.31. The normalized spacial score (nSPS) is 23.4. The highest BCUT2D eigenvalue weighted by Gasteiger charge is 2.58. The molecule has 0 bridgehead atoms. The average molecular weight is 378 g/mol. The number of hydrogen-bond donors (Lipinski definition) is 3. The maximum Gasteiger partial charge on any atom is 0.195 e. The molecule has 3 N–H and O–H groups in total. The maximum atomic E-state index is 12.8. The van der Waals surface area contributed by atoms with Gasteiger partial charge in [-0.25, -0.2) is 0 Å². The monoisotopic (exact) mass is 378 g/mol. The molecule has 0 saturated carbocycles. The summed E-state index contributed by atoms with van der Waals surface area (Å²) in [5.41, 5.74) is -3.47. The fourth-order valence-electron chi connectivity index (χ4n) is 2.90. The standard InChI is InChI=1S/C21H30O6/c1-12(2)7-8-14-18(24)17(15(22)11-13(3)4)19(25)21(14,27)16(23)9-10-20(5,6)26/h7,9-10,13-14,25-27H,8,11H2,1-6H3/b10-9+/t14-,21+/m0/s1. The van der Waals surface area contributed by atoms with Gasteiger partial charge in [0.1, 0.15) is 11.3 Å². The zero-order chi connectivity index (χ0) is 21.2. The van der Waals surface area contributed by atoms with Gasteiger partial charge in [-0.2, -0.15) is 0 Å². The molecule has 6 nitrogen and oxygen atoms in total. The minimum atomic E-state index is -2.52. The molecule has 0 unspecified atom stereocenters. The smallest absolute Gasteiger partial charge is 0.195 e. The summed E-state index contributed by atoms with van der Waals surface area (Å²) in [6, 6.07) is 0. The second-order valence-electron chi connectivity index (χ2n) is 8.30. The highest BCUT2D eigenvalue weighted by Crippen LogP contribution is 2.41. The van der Waals surface area contributed by atoms with Crippen LogP contribution in [0.5, 0.6) is 0 Å². The first-order valence-corrected chi connectivity index (χ1v) is 9.04. The molecule has 27 heavy (non-hydrogen) atoms. The van der Waals surface area contributed by atoms with Gasteiger partial charge in [0, 0.05) is 6.42 Å². The molecule has 0 amide bonds. The Bertz CT molecular complexity index is 713. The average Bonchev–Trinajstić information content (AvgIpc) is 2.69. The van der Waals surface area contributed by atoms with Crippen molar-refractivity contribution in [2.45, 2.75) is 65.6 Å². The summed E-state index contributed by atoms with van der Waals surface area (Å²) in [5, 5.41) is 31.3. The summed E-state index contributed by atoms with van der Waals surface area (Å²) in [7, 11) is 0. The van der Waals surface area contributed by atoms with Crippen LogP contribution in [0, 0.1) is 11.8 Å². The van der Waals surface area contributed by atoms with Gasteiger partial charge in [0.2, 0.25) is 0 Å². The summed E-state index contributed by atoms with van der Waals surface area (Å²) >= 11 is 0. The molecule has 0 aromatic carbocycles. The minimum absolute atomic E-state index is 0.00226. The van der Waals surface area contributed by atoms with E-state index in [9.17, 15) is 29.7 Å². The Labute approximate surface area is 160 Å². The van der Waals surface area contributed by atoms with E-state index in [-0.39, 0.29) is 18.8 Å². The number of carbonyl (C=O) groups is 3. The van der Waals surface area contributed by atoms with E-state index in [1.165, 1.54) is 13.8 Å². The lowest BCUT2D eigenvalue weighted by Gasteiger charge is -2.26. The first-order valence-electron chi connectivity index (χ1n) is 9.04. The highest BCUT2D eigenvalue weighted by atomic mass is 16.3. The van der Waals surface area contributed by atoms with E-state index in [4.69, 9.17) is 0 Å². The zero-order valence-electron chi connectivity index (χ0n) is 16.9. The Morgan fingerprint density at radius 2 is 1.81 bits per heavy atom. The SMILES string of the molecule is CC(C)=CC[C@H]1C(=O)C(C(=O)CC(C)C)=C(O)[C@]1(O)C(=O)/C=C/C(C)(C)O. The molecule has 0 fully saturated rings. The van der Waals surface area contributed by atoms with Crippen LogP contribution in [0.3, 0.4) is 0 Å². The molecule has 6 heteroatoms. The number of aliphatic hydroxyl groups is 3. The maximum absolute atomic E-state index is 12.8. The predicted molar refractivity (Wildman–Crippen MR) is 102 cm³/mol. The molecule has 150 valence electrons. The topological polar surface area (TPSA) is 112 Å². The van der Waals surface area contributed by atoms with Crippen molar-refractivity contribution < 1.29 is 29.7 Å². The Kier molecular flexibility index (Phi) is 7.08. The van der Waals surface area contributed by atoms with Crippen LogP contribution in [0.25, 0.3) is 0 Å². The fourth-order valence-corrected chi connectivity index (χ4v) is 2.90. The summed E-state index contributed by atoms with van der Waals surface area (Å²) in [6.07, 6.45) is 3.79. The van der Waals surface area contributed by atoms with Gasteiger partial charge in [-0.3, -0.25) is 14.4 Å². The minimum Gasteiger partial charge on any atom is -0.508 e. The molecule has 1 aliphatic rings. The first kappa shape index (κ1) is 23.0. The molecule has 0 heterocycles. The van der Waals surface area contributed by atoms with Crippen molar-refractivity contribution in [3.8, 4) is 0 Å². The molecule has 0 aliphatic heterocycles. The molecule has 0 aromatic rings. The summed E-state index contributed by atoms with van der Waals surface area (Å²) in [4.78, 5) is 38.0. The van der Waals surface area contributed by atoms with E-state index in [1.807, 2.05) is 0 Å². The quantitative estimate of drug-likeness (QED) is 0.340. The van der Waals surface area contributed by atoms with Gasteiger partial charge < -0.3 is 15.3 Å². The van der Waals surface area contributed by atoms with E-state index < -0.39 is 45.8 Å². The zero-order valence-corrected chi connectivity index (χ0v) is 16.9. The van der Waals surface area contributed by atoms with Crippen LogP contribution in [0.1, 0.15) is 54.4 Å². The summed E-state index contributed by atoms with van der Waals surface area (Å²) in [5.74, 6) is -4.52. The molecule has 0 saturated heterocycles. The Morgan fingerprint density at radius 1 is 1.26 bits per heavy atom. The van der Waals surface area contributed by atoms with Crippen LogP contribution >= 0.6 is 0 Å². The van der Waals surface area contributed by atoms with Crippen molar-refractivity contribution in [2.24, 2.45) is 11.8 Å².